The second-order valence-corrected chi connectivity index (χ2v) is 12.8. The van der Waals surface area contributed by atoms with E-state index in [4.69, 9.17) is 0 Å². The number of carbonyl (C=O) groups excluding carboxylic acids is 1. The molecule has 1 aromatic carbocycles. The minimum absolute atomic E-state index is 0.0986. The number of anilines is 1. The lowest BCUT2D eigenvalue weighted by Crippen LogP contribution is -2.15. The molecule has 0 saturated carbocycles. The first-order valence-electron chi connectivity index (χ1n) is 12.6. The lowest BCUT2D eigenvalue weighted by Gasteiger charge is -2.17. The molecule has 1 amide bonds. The molecule has 0 radical (unpaired) electrons. The average Bonchev–Trinajstić information content (AvgIpc) is 3.48. The van der Waals surface area contributed by atoms with Crippen LogP contribution in [0.3, 0.4) is 0 Å². The zero-order chi connectivity index (χ0) is 25.5. The summed E-state index contributed by atoms with van der Waals surface area (Å²) in [5, 5.41) is 16.3. The van der Waals surface area contributed by atoms with E-state index in [2.05, 4.69) is 46.5 Å². The molecular weight excluding hydrogens is 521 g/mol. The van der Waals surface area contributed by atoms with Gasteiger partial charge in [-0.2, -0.15) is 5.26 Å². The normalized spacial score (nSPS) is 16.7. The molecule has 37 heavy (non-hydrogen) atoms. The van der Waals surface area contributed by atoms with Crippen LogP contribution in [0.4, 0.5) is 5.00 Å². The zero-order valence-corrected chi connectivity index (χ0v) is 22.9. The van der Waals surface area contributed by atoms with Crippen molar-refractivity contribution in [1.82, 2.24) is 9.97 Å². The van der Waals surface area contributed by atoms with Gasteiger partial charge >= 0.3 is 0 Å². The molecule has 9 heteroatoms. The van der Waals surface area contributed by atoms with Crippen molar-refractivity contribution in [2.24, 2.45) is 5.92 Å². The number of aryl methyl sites for hydroxylation is 2. The third-order valence-corrected chi connectivity index (χ3v) is 10.2. The van der Waals surface area contributed by atoms with Crippen LogP contribution in [-0.4, -0.2) is 21.6 Å². The number of fused-ring (bicyclic) bond motifs is 3. The Labute approximate surface area is 227 Å². The van der Waals surface area contributed by atoms with E-state index in [1.807, 2.05) is 5.38 Å². The number of rotatable bonds is 5. The maximum Gasteiger partial charge on any atom is 0.260 e. The van der Waals surface area contributed by atoms with Crippen LogP contribution in [0.5, 0.6) is 0 Å². The summed E-state index contributed by atoms with van der Waals surface area (Å²) in [4.78, 5) is 35.2. The Balaban J connectivity index is 1.18. The highest BCUT2D eigenvalue weighted by atomic mass is 32.2. The van der Waals surface area contributed by atoms with Crippen molar-refractivity contribution in [2.75, 3.05) is 11.1 Å². The average molecular weight is 547 g/mol. The highest BCUT2D eigenvalue weighted by Crippen LogP contribution is 2.39. The second-order valence-electron chi connectivity index (χ2n) is 9.90. The maximum absolute atomic E-state index is 13.1. The molecule has 0 spiro atoms. The Morgan fingerprint density at radius 3 is 2.95 bits per heavy atom. The van der Waals surface area contributed by atoms with Gasteiger partial charge in [0.2, 0.25) is 5.91 Å². The molecule has 0 fully saturated rings. The number of nitrogens with one attached hydrogen (secondary N) is 2. The van der Waals surface area contributed by atoms with Crippen molar-refractivity contribution in [3.63, 3.8) is 0 Å². The first kappa shape index (κ1) is 24.4. The van der Waals surface area contributed by atoms with Gasteiger partial charge in [0.25, 0.3) is 5.56 Å². The lowest BCUT2D eigenvalue weighted by molar-refractivity contribution is -0.113. The quantitative estimate of drug-likeness (QED) is 0.225. The molecule has 188 valence electrons. The Hall–Kier alpha value is -2.93. The fourth-order valence-electron chi connectivity index (χ4n) is 5.36. The van der Waals surface area contributed by atoms with Crippen molar-refractivity contribution in [1.29, 1.82) is 5.26 Å². The molecule has 6 nitrogen and oxygen atoms in total. The minimum Gasteiger partial charge on any atom is -0.316 e. The number of aromatic amines is 1. The molecule has 1 atom stereocenters. The van der Waals surface area contributed by atoms with E-state index in [0.29, 0.717) is 31.9 Å². The molecule has 6 rings (SSSR count). The number of hydrogen-bond donors (Lipinski definition) is 2. The van der Waals surface area contributed by atoms with Gasteiger partial charge in [-0.25, -0.2) is 4.98 Å². The molecule has 2 aliphatic carbocycles. The third kappa shape index (κ3) is 4.74. The fraction of sp³-hybridized carbons (Fsp3) is 0.357. The Kier molecular flexibility index (Phi) is 6.65. The van der Waals surface area contributed by atoms with Gasteiger partial charge in [-0.05, 0) is 73.1 Å². The van der Waals surface area contributed by atoms with Crippen LogP contribution in [0, 0.1) is 17.2 Å². The van der Waals surface area contributed by atoms with Gasteiger partial charge < -0.3 is 10.3 Å². The summed E-state index contributed by atoms with van der Waals surface area (Å²) in [7, 11) is 0. The largest absolute Gasteiger partial charge is 0.316 e. The van der Waals surface area contributed by atoms with E-state index in [1.54, 1.807) is 0 Å². The van der Waals surface area contributed by atoms with Crippen LogP contribution >= 0.6 is 34.4 Å². The van der Waals surface area contributed by atoms with Crippen LogP contribution in [0.2, 0.25) is 0 Å². The van der Waals surface area contributed by atoms with Gasteiger partial charge in [0, 0.05) is 15.8 Å². The van der Waals surface area contributed by atoms with E-state index in [9.17, 15) is 14.9 Å². The van der Waals surface area contributed by atoms with Crippen LogP contribution in [-0.2, 0) is 30.5 Å². The number of benzene rings is 1. The number of thioether (sulfide) groups is 1. The zero-order valence-electron chi connectivity index (χ0n) is 20.5. The van der Waals surface area contributed by atoms with Crippen LogP contribution in [0.25, 0.3) is 21.3 Å². The second kappa shape index (κ2) is 10.1. The standard InChI is InChI=1S/C28H26N4O2S3/c1-15-6-9-19-20(12-29)26(37-22(19)10-15)30-23(33)14-36-28-31-25(34)24-21(13-35-27(24)32-28)18-8-7-16-4-2-3-5-17(16)11-18/h7-8,11,13,15H,2-6,9-10,14H2,1H3,(H,30,33)(H,31,32,34). The number of nitrogens with zero attached hydrogens (tertiary/aromatic N) is 2. The lowest BCUT2D eigenvalue weighted by atomic mass is 9.89. The number of nitriles is 1. The smallest absolute Gasteiger partial charge is 0.260 e. The summed E-state index contributed by atoms with van der Waals surface area (Å²) in [6, 6.07) is 8.81. The molecule has 2 aliphatic rings. The van der Waals surface area contributed by atoms with Crippen LogP contribution < -0.4 is 10.9 Å². The van der Waals surface area contributed by atoms with Crippen molar-refractivity contribution < 1.29 is 4.79 Å². The topological polar surface area (TPSA) is 98.6 Å². The summed E-state index contributed by atoms with van der Waals surface area (Å²) in [6.07, 6.45) is 7.58. The molecule has 2 N–H and O–H groups in total. The molecule has 1 unspecified atom stereocenters. The molecule has 3 heterocycles. The SMILES string of the molecule is CC1CCc2c(sc(NC(=O)CSc3nc4scc(-c5ccc6c(c5)CCCC6)c4c(=O)[nH]3)c2C#N)C1. The van der Waals surface area contributed by atoms with Crippen LogP contribution in [0.1, 0.15) is 53.3 Å². The van der Waals surface area contributed by atoms with E-state index in [-0.39, 0.29) is 17.2 Å². The molecule has 3 aromatic heterocycles. The number of hydrogen-bond acceptors (Lipinski definition) is 7. The highest BCUT2D eigenvalue weighted by molar-refractivity contribution is 7.99. The van der Waals surface area contributed by atoms with E-state index < -0.39 is 0 Å². The Morgan fingerprint density at radius 2 is 2.11 bits per heavy atom. The van der Waals surface area contributed by atoms with Crippen molar-refractivity contribution in [3.05, 3.63) is 61.1 Å². The summed E-state index contributed by atoms with van der Waals surface area (Å²) < 4.78 is 0. The van der Waals surface area contributed by atoms with E-state index in [1.165, 1.54) is 63.3 Å². The van der Waals surface area contributed by atoms with E-state index >= 15 is 0 Å². The Morgan fingerprint density at radius 1 is 1.27 bits per heavy atom. The predicted molar refractivity (Wildman–Crippen MR) is 152 cm³/mol. The van der Waals surface area contributed by atoms with Gasteiger partial charge in [-0.1, -0.05) is 36.9 Å². The number of H-pyrrole nitrogens is 1. The molecule has 0 aliphatic heterocycles. The maximum atomic E-state index is 13.1. The van der Waals surface area contributed by atoms with Crippen molar-refractivity contribution in [2.45, 2.75) is 57.0 Å². The first-order valence-corrected chi connectivity index (χ1v) is 15.3. The van der Waals surface area contributed by atoms with Gasteiger partial charge in [0.1, 0.15) is 15.9 Å². The highest BCUT2D eigenvalue weighted by Gasteiger charge is 2.25. The van der Waals surface area contributed by atoms with E-state index in [0.717, 1.165) is 48.8 Å². The van der Waals surface area contributed by atoms with Gasteiger partial charge in [-0.15, -0.1) is 22.7 Å². The first-order chi connectivity index (χ1) is 18.0. The number of aromatic nitrogens is 2. The number of thiophene rings is 2. The summed E-state index contributed by atoms with van der Waals surface area (Å²) >= 11 is 4.17. The summed E-state index contributed by atoms with van der Waals surface area (Å²) in [5.41, 5.74) is 6.28. The minimum atomic E-state index is -0.211. The van der Waals surface area contributed by atoms with Gasteiger partial charge in [0.05, 0.1) is 16.7 Å². The summed E-state index contributed by atoms with van der Waals surface area (Å²) in [6.45, 7) is 2.22. The number of amides is 1. The van der Waals surface area contributed by atoms with Gasteiger partial charge in [-0.3, -0.25) is 9.59 Å². The number of carbonyl (C=O) groups is 1. The Bertz CT molecular complexity index is 1620. The molecule has 0 bridgehead atoms. The third-order valence-electron chi connectivity index (χ3n) is 7.30. The monoisotopic (exact) mass is 546 g/mol. The predicted octanol–water partition coefficient (Wildman–Crippen LogP) is 6.32. The van der Waals surface area contributed by atoms with Gasteiger partial charge in [0.15, 0.2) is 5.16 Å². The summed E-state index contributed by atoms with van der Waals surface area (Å²) in [5.74, 6) is 0.484. The van der Waals surface area contributed by atoms with Crippen molar-refractivity contribution >= 4 is 55.6 Å². The molecule has 0 saturated heterocycles. The molecule has 4 aromatic rings. The van der Waals surface area contributed by atoms with Crippen molar-refractivity contribution in [3.8, 4) is 17.2 Å². The van der Waals surface area contributed by atoms with Crippen LogP contribution in [0.15, 0.2) is 33.5 Å². The fourth-order valence-corrected chi connectivity index (χ4v) is 8.41. The molecular formula is C28H26N4O2S3.